The highest BCUT2D eigenvalue weighted by molar-refractivity contribution is 5.89. The van der Waals surface area contributed by atoms with Crippen LogP contribution in [0.3, 0.4) is 0 Å². The molecule has 0 atom stereocenters. The van der Waals surface area contributed by atoms with Gasteiger partial charge in [-0.3, -0.25) is 4.79 Å². The number of hydrogen-bond donors (Lipinski definition) is 3. The first-order valence-corrected chi connectivity index (χ1v) is 8.09. The molecule has 1 aromatic rings. The van der Waals surface area contributed by atoms with Crippen molar-refractivity contribution in [2.24, 2.45) is 0 Å². The van der Waals surface area contributed by atoms with E-state index < -0.39 is 5.97 Å². The van der Waals surface area contributed by atoms with Gasteiger partial charge in [-0.05, 0) is 56.4 Å². The Kier molecular flexibility index (Phi) is 6.44. The quantitative estimate of drug-likeness (QED) is 0.573. The van der Waals surface area contributed by atoms with Crippen molar-refractivity contribution >= 4 is 11.9 Å². The van der Waals surface area contributed by atoms with Crippen LogP contribution in [0.2, 0.25) is 0 Å². The second-order valence-electron chi connectivity index (χ2n) is 5.72. The van der Waals surface area contributed by atoms with Crippen molar-refractivity contribution in [2.45, 2.75) is 44.9 Å². The van der Waals surface area contributed by atoms with Crippen LogP contribution in [0.5, 0.6) is 5.75 Å². The third-order valence-corrected chi connectivity index (χ3v) is 3.82. The Morgan fingerprint density at radius 2 is 1.83 bits per heavy atom. The predicted octanol–water partition coefficient (Wildman–Crippen LogP) is 2.94. The van der Waals surface area contributed by atoms with Crippen molar-refractivity contribution in [3.8, 4) is 17.6 Å². The number of carboxylic acids is 1. The third kappa shape index (κ3) is 5.47. The fraction of sp³-hybridized carbons (Fsp3) is 0.368. The lowest BCUT2D eigenvalue weighted by atomic mass is 9.96. The van der Waals surface area contributed by atoms with Crippen LogP contribution in [0.15, 0.2) is 35.5 Å². The summed E-state index contributed by atoms with van der Waals surface area (Å²) in [5.41, 5.74) is 1.71. The van der Waals surface area contributed by atoms with Gasteiger partial charge in [-0.1, -0.05) is 11.8 Å². The first kappa shape index (κ1) is 17.6. The largest absolute Gasteiger partial charge is 0.508 e. The molecule has 0 bridgehead atoms. The summed E-state index contributed by atoms with van der Waals surface area (Å²) in [5.74, 6) is 5.07. The lowest BCUT2D eigenvalue weighted by Crippen LogP contribution is -2.27. The maximum Gasteiger partial charge on any atom is 0.333 e. The molecule has 0 saturated heterocycles. The van der Waals surface area contributed by atoms with Crippen molar-refractivity contribution in [1.29, 1.82) is 0 Å². The molecule has 5 nitrogen and oxygen atoms in total. The van der Waals surface area contributed by atoms with Crippen LogP contribution in [0.4, 0.5) is 0 Å². The molecule has 0 fully saturated rings. The number of phenolic OH excluding ortho intramolecular Hbond substituents is 1. The Balaban J connectivity index is 1.77. The normalized spacial score (nSPS) is 13.8. The summed E-state index contributed by atoms with van der Waals surface area (Å²) in [6, 6.07) is 6.63. The number of unbranched alkanes of at least 4 members (excludes halogenated alkanes) is 1. The van der Waals surface area contributed by atoms with Gasteiger partial charge < -0.3 is 15.5 Å². The zero-order valence-electron chi connectivity index (χ0n) is 13.5. The third-order valence-electron chi connectivity index (χ3n) is 3.82. The molecule has 24 heavy (non-hydrogen) atoms. The number of phenols is 1. The molecule has 0 heterocycles. The number of rotatable bonds is 5. The molecule has 1 amide bonds. The smallest absolute Gasteiger partial charge is 0.333 e. The van der Waals surface area contributed by atoms with E-state index in [4.69, 9.17) is 5.11 Å². The van der Waals surface area contributed by atoms with E-state index >= 15 is 0 Å². The molecule has 0 saturated carbocycles. The predicted molar refractivity (Wildman–Crippen MR) is 90.1 cm³/mol. The molecule has 126 valence electrons. The number of hydrogen-bond acceptors (Lipinski definition) is 3. The van der Waals surface area contributed by atoms with Gasteiger partial charge in [0.15, 0.2) is 0 Å². The summed E-state index contributed by atoms with van der Waals surface area (Å²) >= 11 is 0. The van der Waals surface area contributed by atoms with Gasteiger partial charge in [0.25, 0.3) is 0 Å². The fourth-order valence-corrected chi connectivity index (χ4v) is 2.56. The standard InChI is InChI=1S/C19H21NO4/c21-15-12-10-14(11-13-15)6-2-1-3-9-18(22)20-17-8-5-4-7-16(17)19(23)24/h10-13,21H,1,3-5,7-9H2,(H,20,22)(H,23,24). The average molecular weight is 327 g/mol. The van der Waals surface area contributed by atoms with Crippen LogP contribution in [0, 0.1) is 11.8 Å². The minimum absolute atomic E-state index is 0.155. The SMILES string of the molecule is O=C(CCCC#Cc1ccc(O)cc1)NC1=C(C(=O)O)CCCC1. The van der Waals surface area contributed by atoms with Gasteiger partial charge >= 0.3 is 5.97 Å². The number of aliphatic carboxylic acids is 1. The summed E-state index contributed by atoms with van der Waals surface area (Å²) in [6.45, 7) is 0. The molecule has 2 rings (SSSR count). The summed E-state index contributed by atoms with van der Waals surface area (Å²) in [6.07, 6.45) is 4.42. The van der Waals surface area contributed by atoms with Crippen molar-refractivity contribution in [3.05, 3.63) is 41.1 Å². The number of allylic oxidation sites excluding steroid dienone is 1. The van der Waals surface area contributed by atoms with Crippen LogP contribution in [0.25, 0.3) is 0 Å². The first-order chi connectivity index (χ1) is 11.6. The van der Waals surface area contributed by atoms with Gasteiger partial charge in [0.1, 0.15) is 5.75 Å². The zero-order valence-corrected chi connectivity index (χ0v) is 13.5. The van der Waals surface area contributed by atoms with Crippen molar-refractivity contribution in [2.75, 3.05) is 0 Å². The molecule has 0 spiro atoms. The molecule has 3 N–H and O–H groups in total. The van der Waals surface area contributed by atoms with Crippen molar-refractivity contribution < 1.29 is 19.8 Å². The van der Waals surface area contributed by atoms with Gasteiger partial charge in [0, 0.05) is 24.1 Å². The lowest BCUT2D eigenvalue weighted by Gasteiger charge is -2.18. The average Bonchev–Trinajstić information content (AvgIpc) is 2.56. The van der Waals surface area contributed by atoms with Gasteiger partial charge in [0.2, 0.25) is 5.91 Å². The van der Waals surface area contributed by atoms with Crippen LogP contribution in [-0.2, 0) is 9.59 Å². The van der Waals surface area contributed by atoms with Crippen molar-refractivity contribution in [3.63, 3.8) is 0 Å². The number of amides is 1. The topological polar surface area (TPSA) is 86.6 Å². The number of aromatic hydroxyl groups is 1. The second kappa shape index (κ2) is 8.78. The van der Waals surface area contributed by atoms with E-state index in [9.17, 15) is 14.7 Å². The van der Waals surface area contributed by atoms with E-state index in [1.165, 1.54) is 0 Å². The summed E-state index contributed by atoms with van der Waals surface area (Å²) in [7, 11) is 0. The van der Waals surface area contributed by atoms with Crippen LogP contribution >= 0.6 is 0 Å². The minimum Gasteiger partial charge on any atom is -0.508 e. The monoisotopic (exact) mass is 327 g/mol. The maximum absolute atomic E-state index is 11.9. The number of carbonyl (C=O) groups is 2. The van der Waals surface area contributed by atoms with Crippen molar-refractivity contribution in [1.82, 2.24) is 5.32 Å². The zero-order chi connectivity index (χ0) is 17.4. The Bertz CT molecular complexity index is 692. The Labute approximate surface area is 141 Å². The van der Waals surface area contributed by atoms with Gasteiger partial charge in [-0.25, -0.2) is 4.79 Å². The van der Waals surface area contributed by atoms with Gasteiger partial charge in [-0.15, -0.1) is 0 Å². The highest BCUT2D eigenvalue weighted by Crippen LogP contribution is 2.23. The first-order valence-electron chi connectivity index (χ1n) is 8.09. The number of carboxylic acid groups (broad SMARTS) is 1. The molecule has 1 aliphatic rings. The van der Waals surface area contributed by atoms with Gasteiger partial charge in [0.05, 0.1) is 5.57 Å². The van der Waals surface area contributed by atoms with Crippen LogP contribution in [-0.4, -0.2) is 22.1 Å². The number of benzene rings is 1. The lowest BCUT2D eigenvalue weighted by molar-refractivity contribution is -0.133. The molecule has 5 heteroatoms. The molecule has 1 aliphatic carbocycles. The van der Waals surface area contributed by atoms with Gasteiger partial charge in [-0.2, -0.15) is 0 Å². The summed E-state index contributed by atoms with van der Waals surface area (Å²) in [4.78, 5) is 23.1. The Morgan fingerprint density at radius 3 is 2.54 bits per heavy atom. The van der Waals surface area contributed by atoms with E-state index in [-0.39, 0.29) is 11.7 Å². The molecule has 0 radical (unpaired) electrons. The van der Waals surface area contributed by atoms with E-state index in [1.54, 1.807) is 24.3 Å². The Hall–Kier alpha value is -2.74. The highest BCUT2D eigenvalue weighted by Gasteiger charge is 2.19. The Morgan fingerprint density at radius 1 is 1.12 bits per heavy atom. The molecule has 0 aromatic heterocycles. The van der Waals surface area contributed by atoms with Crippen LogP contribution in [0.1, 0.15) is 50.5 Å². The fourth-order valence-electron chi connectivity index (χ4n) is 2.56. The van der Waals surface area contributed by atoms with E-state index in [0.717, 1.165) is 18.4 Å². The second-order valence-corrected chi connectivity index (χ2v) is 5.72. The molecule has 0 aliphatic heterocycles. The highest BCUT2D eigenvalue weighted by atomic mass is 16.4. The summed E-state index contributed by atoms with van der Waals surface area (Å²) < 4.78 is 0. The van der Waals surface area contributed by atoms with E-state index in [0.29, 0.717) is 43.4 Å². The number of nitrogens with one attached hydrogen (secondary N) is 1. The maximum atomic E-state index is 11.9. The molecular weight excluding hydrogens is 306 g/mol. The van der Waals surface area contributed by atoms with Crippen LogP contribution < -0.4 is 5.32 Å². The molecular formula is C19H21NO4. The van der Waals surface area contributed by atoms with E-state index in [1.807, 2.05) is 0 Å². The molecule has 0 unspecified atom stereocenters. The van der Waals surface area contributed by atoms with E-state index in [2.05, 4.69) is 17.2 Å². The minimum atomic E-state index is -0.940. The number of carbonyl (C=O) groups excluding carboxylic acids is 1. The molecule has 1 aromatic carbocycles. The summed E-state index contributed by atoms with van der Waals surface area (Å²) in [5, 5.41) is 21.1.